The van der Waals surface area contributed by atoms with Gasteiger partial charge in [0.25, 0.3) is 11.9 Å². The van der Waals surface area contributed by atoms with E-state index >= 15 is 0 Å². The number of ether oxygens (including phenoxy) is 2. The SMILES string of the molecule is NCC1CN(C(=O)c2ccc(Oc3ccccc3)o2)CCO1. The lowest BCUT2D eigenvalue weighted by Gasteiger charge is -2.31. The molecule has 6 heteroatoms. The predicted molar refractivity (Wildman–Crippen MR) is 79.9 cm³/mol. The molecule has 1 aliphatic rings. The highest BCUT2D eigenvalue weighted by molar-refractivity contribution is 5.91. The third-order valence-corrected chi connectivity index (χ3v) is 3.44. The second-order valence-electron chi connectivity index (χ2n) is 5.01. The van der Waals surface area contributed by atoms with Gasteiger partial charge < -0.3 is 24.5 Å². The summed E-state index contributed by atoms with van der Waals surface area (Å²) in [5.74, 6) is 1.02. The molecular weight excluding hydrogens is 284 g/mol. The van der Waals surface area contributed by atoms with Crippen LogP contribution in [0.25, 0.3) is 0 Å². The molecule has 0 spiro atoms. The summed E-state index contributed by atoms with van der Waals surface area (Å²) in [5.41, 5.74) is 5.59. The first-order chi connectivity index (χ1) is 10.8. The summed E-state index contributed by atoms with van der Waals surface area (Å²) in [5, 5.41) is 0. The van der Waals surface area contributed by atoms with Crippen LogP contribution in [0.3, 0.4) is 0 Å². The lowest BCUT2D eigenvalue weighted by molar-refractivity contribution is -0.0178. The van der Waals surface area contributed by atoms with E-state index in [2.05, 4.69) is 0 Å². The lowest BCUT2D eigenvalue weighted by Crippen LogP contribution is -2.48. The molecule has 0 saturated carbocycles. The van der Waals surface area contributed by atoms with E-state index in [1.807, 2.05) is 30.3 Å². The highest BCUT2D eigenvalue weighted by Gasteiger charge is 2.26. The van der Waals surface area contributed by atoms with Crippen molar-refractivity contribution in [1.29, 1.82) is 0 Å². The van der Waals surface area contributed by atoms with Gasteiger partial charge in [0.05, 0.1) is 12.7 Å². The lowest BCUT2D eigenvalue weighted by atomic mass is 10.2. The van der Waals surface area contributed by atoms with Crippen LogP contribution in [0.15, 0.2) is 46.9 Å². The summed E-state index contributed by atoms with van der Waals surface area (Å²) in [4.78, 5) is 14.1. The van der Waals surface area contributed by atoms with Gasteiger partial charge in [0, 0.05) is 25.7 Å². The molecule has 0 radical (unpaired) electrons. The van der Waals surface area contributed by atoms with Crippen LogP contribution in [0.1, 0.15) is 10.6 Å². The van der Waals surface area contributed by atoms with Crippen LogP contribution < -0.4 is 10.5 Å². The Hall–Kier alpha value is -2.31. The summed E-state index contributed by atoms with van der Waals surface area (Å²) in [7, 11) is 0. The maximum atomic E-state index is 12.4. The standard InChI is InChI=1S/C16H18N2O4/c17-10-13-11-18(8-9-20-13)16(19)14-6-7-15(22-14)21-12-4-2-1-3-5-12/h1-7,13H,8-11,17H2. The Morgan fingerprint density at radius 3 is 2.86 bits per heavy atom. The van der Waals surface area contributed by atoms with Gasteiger partial charge in [-0.25, -0.2) is 0 Å². The van der Waals surface area contributed by atoms with Crippen molar-refractivity contribution < 1.29 is 18.7 Å². The number of carbonyl (C=O) groups is 1. The minimum absolute atomic E-state index is 0.118. The van der Waals surface area contributed by atoms with Gasteiger partial charge in [-0.3, -0.25) is 4.79 Å². The van der Waals surface area contributed by atoms with Crippen LogP contribution in [-0.2, 0) is 4.74 Å². The van der Waals surface area contributed by atoms with Gasteiger partial charge in [-0.1, -0.05) is 18.2 Å². The molecule has 2 N–H and O–H groups in total. The molecule has 3 rings (SSSR count). The van der Waals surface area contributed by atoms with Crippen LogP contribution in [-0.4, -0.2) is 43.2 Å². The van der Waals surface area contributed by atoms with Crippen molar-refractivity contribution in [2.75, 3.05) is 26.2 Å². The zero-order chi connectivity index (χ0) is 15.4. The van der Waals surface area contributed by atoms with Gasteiger partial charge >= 0.3 is 0 Å². The summed E-state index contributed by atoms with van der Waals surface area (Å²) in [6.07, 6.45) is -0.118. The van der Waals surface area contributed by atoms with Crippen molar-refractivity contribution in [3.8, 4) is 11.7 Å². The number of amides is 1. The van der Waals surface area contributed by atoms with Gasteiger partial charge in [0.1, 0.15) is 5.75 Å². The van der Waals surface area contributed by atoms with Crippen molar-refractivity contribution in [3.05, 3.63) is 48.2 Å². The zero-order valence-electron chi connectivity index (χ0n) is 12.1. The molecule has 1 fully saturated rings. The maximum Gasteiger partial charge on any atom is 0.290 e. The molecular formula is C16H18N2O4. The summed E-state index contributed by atoms with van der Waals surface area (Å²) in [6.45, 7) is 1.89. The van der Waals surface area contributed by atoms with Crippen LogP contribution in [0.5, 0.6) is 11.7 Å². The fourth-order valence-corrected chi connectivity index (χ4v) is 2.30. The topological polar surface area (TPSA) is 77.9 Å². The zero-order valence-corrected chi connectivity index (χ0v) is 12.1. The second-order valence-corrected chi connectivity index (χ2v) is 5.01. The summed E-state index contributed by atoms with van der Waals surface area (Å²) < 4.78 is 16.5. The number of para-hydroxylation sites is 1. The fraction of sp³-hybridized carbons (Fsp3) is 0.312. The van der Waals surface area contributed by atoms with Gasteiger partial charge in [0.2, 0.25) is 0 Å². The van der Waals surface area contributed by atoms with Crippen molar-refractivity contribution in [1.82, 2.24) is 4.90 Å². The van der Waals surface area contributed by atoms with Crippen molar-refractivity contribution >= 4 is 5.91 Å². The molecule has 116 valence electrons. The van der Waals surface area contributed by atoms with Crippen molar-refractivity contribution in [2.24, 2.45) is 5.73 Å². The highest BCUT2D eigenvalue weighted by Crippen LogP contribution is 2.24. The first-order valence-corrected chi connectivity index (χ1v) is 7.20. The van der Waals surface area contributed by atoms with E-state index in [9.17, 15) is 4.79 Å². The van der Waals surface area contributed by atoms with Crippen LogP contribution >= 0.6 is 0 Å². The molecule has 1 aromatic carbocycles. The van der Waals surface area contributed by atoms with E-state index in [1.54, 1.807) is 17.0 Å². The highest BCUT2D eigenvalue weighted by atomic mass is 16.6. The largest absolute Gasteiger partial charge is 0.426 e. The van der Waals surface area contributed by atoms with Gasteiger partial charge in [0.15, 0.2) is 5.76 Å². The molecule has 2 aromatic rings. The number of hydrogen-bond donors (Lipinski definition) is 1. The van der Waals surface area contributed by atoms with Gasteiger partial charge in [-0.2, -0.15) is 0 Å². The quantitative estimate of drug-likeness (QED) is 0.933. The number of furan rings is 1. The first-order valence-electron chi connectivity index (χ1n) is 7.20. The summed E-state index contributed by atoms with van der Waals surface area (Å²) in [6, 6.07) is 12.5. The average molecular weight is 302 g/mol. The Labute approximate surface area is 128 Å². The van der Waals surface area contributed by atoms with E-state index in [-0.39, 0.29) is 23.7 Å². The third-order valence-electron chi connectivity index (χ3n) is 3.44. The molecule has 1 aliphatic heterocycles. The molecule has 1 aromatic heterocycles. The number of morpholine rings is 1. The Balaban J connectivity index is 1.66. The third kappa shape index (κ3) is 3.29. The predicted octanol–water partition coefficient (Wildman–Crippen LogP) is 1.87. The van der Waals surface area contributed by atoms with Crippen molar-refractivity contribution in [2.45, 2.75) is 6.10 Å². The van der Waals surface area contributed by atoms with Crippen LogP contribution in [0.4, 0.5) is 0 Å². The normalized spacial score (nSPS) is 18.2. The number of hydrogen-bond acceptors (Lipinski definition) is 5. The van der Waals surface area contributed by atoms with E-state index in [4.69, 9.17) is 19.6 Å². The average Bonchev–Trinajstić information content (AvgIpc) is 3.03. The molecule has 1 atom stereocenters. The molecule has 1 amide bonds. The Morgan fingerprint density at radius 2 is 2.09 bits per heavy atom. The molecule has 2 heterocycles. The fourth-order valence-electron chi connectivity index (χ4n) is 2.30. The number of carbonyl (C=O) groups excluding carboxylic acids is 1. The number of nitrogens with two attached hydrogens (primary N) is 1. The minimum atomic E-state index is -0.176. The molecule has 6 nitrogen and oxygen atoms in total. The minimum Gasteiger partial charge on any atom is -0.426 e. The Kier molecular flexibility index (Phi) is 4.41. The smallest absolute Gasteiger partial charge is 0.290 e. The molecule has 0 bridgehead atoms. The first kappa shape index (κ1) is 14.6. The van der Waals surface area contributed by atoms with E-state index < -0.39 is 0 Å². The molecule has 22 heavy (non-hydrogen) atoms. The monoisotopic (exact) mass is 302 g/mol. The van der Waals surface area contributed by atoms with Crippen LogP contribution in [0.2, 0.25) is 0 Å². The van der Waals surface area contributed by atoms with Gasteiger partial charge in [-0.15, -0.1) is 0 Å². The molecule has 1 saturated heterocycles. The summed E-state index contributed by atoms with van der Waals surface area (Å²) >= 11 is 0. The maximum absolute atomic E-state index is 12.4. The number of rotatable bonds is 4. The van der Waals surface area contributed by atoms with Crippen molar-refractivity contribution in [3.63, 3.8) is 0 Å². The molecule has 0 aliphatic carbocycles. The van der Waals surface area contributed by atoms with E-state index in [1.165, 1.54) is 0 Å². The number of benzene rings is 1. The van der Waals surface area contributed by atoms with E-state index in [0.29, 0.717) is 32.0 Å². The molecule has 1 unspecified atom stereocenters. The van der Waals surface area contributed by atoms with Gasteiger partial charge in [-0.05, 0) is 18.2 Å². The van der Waals surface area contributed by atoms with E-state index in [0.717, 1.165) is 0 Å². The number of nitrogens with zero attached hydrogens (tertiary/aromatic N) is 1. The van der Waals surface area contributed by atoms with Crippen LogP contribution in [0, 0.1) is 0 Å². The second kappa shape index (κ2) is 6.64. The Morgan fingerprint density at radius 1 is 1.27 bits per heavy atom. The Bertz CT molecular complexity index is 626.